The van der Waals surface area contributed by atoms with E-state index in [1.807, 2.05) is 0 Å². The number of benzene rings is 17. The molecule has 0 atom stereocenters. The molecule has 0 amide bonds. The molecule has 3 aromatic heterocycles. The first-order valence-corrected chi connectivity index (χ1v) is 38.0. The van der Waals surface area contributed by atoms with Gasteiger partial charge in [-0.1, -0.05) is 321 Å². The van der Waals surface area contributed by atoms with Crippen molar-refractivity contribution in [1.29, 1.82) is 0 Å². The number of halogens is 3. The maximum absolute atomic E-state index is 3.55. The Balaban J connectivity index is 0.000000113. The zero-order valence-corrected chi connectivity index (χ0v) is 62.3. The highest BCUT2D eigenvalue weighted by Gasteiger charge is 2.18. The van der Waals surface area contributed by atoms with Crippen molar-refractivity contribution >= 4 is 124 Å². The molecule has 0 aliphatic rings. The summed E-state index contributed by atoms with van der Waals surface area (Å²) < 4.78 is 10.4. The van der Waals surface area contributed by atoms with E-state index in [0.717, 1.165) is 19.1 Å². The minimum absolute atomic E-state index is 1.09. The molecule has 0 aliphatic heterocycles. The highest BCUT2D eigenvalue weighted by atomic mass is 79.9. The largest absolute Gasteiger partial charge is 0.309 e. The fourth-order valence-corrected chi connectivity index (χ4v) is 16.0. The summed E-state index contributed by atoms with van der Waals surface area (Å²) >= 11 is 10.6. The molecule has 20 rings (SSSR count). The van der Waals surface area contributed by atoms with E-state index in [4.69, 9.17) is 0 Å². The van der Waals surface area contributed by atoms with Crippen LogP contribution in [-0.4, -0.2) is 13.7 Å². The second-order valence-electron chi connectivity index (χ2n) is 26.8. The van der Waals surface area contributed by atoms with Crippen LogP contribution in [0.25, 0.3) is 171 Å². The smallest absolute Gasteiger partial charge is 0.0547 e. The van der Waals surface area contributed by atoms with E-state index in [1.165, 1.54) is 165 Å². The molecule has 0 fully saturated rings. The summed E-state index contributed by atoms with van der Waals surface area (Å²) in [5.41, 5.74) is 27.9. The first kappa shape index (κ1) is 65.8. The Morgan fingerprint density at radius 1 is 0.142 bits per heavy atom. The molecule has 0 aliphatic carbocycles. The van der Waals surface area contributed by atoms with E-state index in [9.17, 15) is 0 Å². The zero-order chi connectivity index (χ0) is 71.0. The number of fused-ring (bicyclic) bond motifs is 10. The third-order valence-corrected chi connectivity index (χ3v) is 22.0. The van der Waals surface area contributed by atoms with Crippen molar-refractivity contribution in [2.75, 3.05) is 0 Å². The Bertz CT molecular complexity index is 6630. The van der Waals surface area contributed by atoms with Gasteiger partial charge in [-0.2, -0.15) is 0 Å². The van der Waals surface area contributed by atoms with Crippen LogP contribution in [0.3, 0.4) is 0 Å². The third kappa shape index (κ3) is 13.0. The topological polar surface area (TPSA) is 14.8 Å². The molecule has 0 saturated heterocycles. The van der Waals surface area contributed by atoms with Crippen molar-refractivity contribution < 1.29 is 0 Å². The minimum Gasteiger partial charge on any atom is -0.309 e. The Morgan fingerprint density at radius 2 is 0.396 bits per heavy atom. The molecule has 6 heteroatoms. The van der Waals surface area contributed by atoms with E-state index >= 15 is 0 Å². The van der Waals surface area contributed by atoms with E-state index in [1.54, 1.807) is 0 Å². The second-order valence-corrected chi connectivity index (χ2v) is 29.5. The van der Waals surface area contributed by atoms with Gasteiger partial charge in [0.05, 0.1) is 33.1 Å². The van der Waals surface area contributed by atoms with Crippen LogP contribution in [0.15, 0.2) is 414 Å². The van der Waals surface area contributed by atoms with Crippen LogP contribution in [0.4, 0.5) is 0 Å². The van der Waals surface area contributed by atoms with Crippen LogP contribution in [-0.2, 0) is 0 Å². The first-order chi connectivity index (χ1) is 52.3. The van der Waals surface area contributed by atoms with Crippen molar-refractivity contribution in [3.05, 3.63) is 414 Å². The third-order valence-electron chi connectivity index (χ3n) is 20.4. The number of hydrogen-bond acceptors (Lipinski definition) is 0. The highest BCUT2D eigenvalue weighted by molar-refractivity contribution is 9.11. The predicted molar refractivity (Wildman–Crippen MR) is 461 cm³/mol. The molecular formula is C100H66Br3N3. The van der Waals surface area contributed by atoms with Crippen LogP contribution < -0.4 is 0 Å². The molecule has 0 unspecified atom stereocenters. The molecule has 0 spiro atoms. The van der Waals surface area contributed by atoms with Gasteiger partial charge in [0, 0.05) is 62.8 Å². The molecule has 0 saturated carbocycles. The summed E-state index contributed by atoms with van der Waals surface area (Å²) in [4.78, 5) is 0. The average Bonchev–Trinajstić information content (AvgIpc) is 1.60. The molecule has 106 heavy (non-hydrogen) atoms. The van der Waals surface area contributed by atoms with E-state index < -0.39 is 0 Å². The van der Waals surface area contributed by atoms with Gasteiger partial charge in [-0.3, -0.25) is 0 Å². The summed E-state index contributed by atoms with van der Waals surface area (Å²) in [6.07, 6.45) is 0. The monoisotopic (exact) mass is 1550 g/mol. The molecule has 3 nitrogen and oxygen atoms in total. The van der Waals surface area contributed by atoms with E-state index in [2.05, 4.69) is 462 Å². The molecule has 20 aromatic rings. The van der Waals surface area contributed by atoms with Gasteiger partial charge in [0.1, 0.15) is 0 Å². The quantitative estimate of drug-likeness (QED) is 0.130. The van der Waals surface area contributed by atoms with Gasteiger partial charge in [0.15, 0.2) is 0 Å². The highest BCUT2D eigenvalue weighted by Crippen LogP contribution is 2.41. The SMILES string of the molecule is Brc1ccc(-c2cccc(-c3ccc4c5ccccc5n(-c5ccc(-c6ccccc6)cc5)c4c3)c2)cc1.Brc1ccc(-c2cccc(-c3ccc4c5ccccc5n(-c5ccc6ccccc6c5)c4c3)c2)cc1.Brc1ccc(-c2cccc(-c3ccc4c5ccccc5n(-c5ccccc5)c4c3)c2)cc1. The lowest BCUT2D eigenvalue weighted by Gasteiger charge is -2.11. The predicted octanol–water partition coefficient (Wildman–Crippen LogP) is 29.5. The Morgan fingerprint density at radius 3 is 0.802 bits per heavy atom. The Hall–Kier alpha value is -12.2. The summed E-state index contributed by atoms with van der Waals surface area (Å²) in [5.74, 6) is 0. The van der Waals surface area contributed by atoms with Gasteiger partial charge < -0.3 is 13.7 Å². The maximum Gasteiger partial charge on any atom is 0.0547 e. The van der Waals surface area contributed by atoms with Crippen LogP contribution in [0.5, 0.6) is 0 Å². The lowest BCUT2D eigenvalue weighted by Crippen LogP contribution is -1.94. The van der Waals surface area contributed by atoms with Crippen molar-refractivity contribution in [1.82, 2.24) is 13.7 Å². The van der Waals surface area contributed by atoms with Crippen LogP contribution in [0.1, 0.15) is 0 Å². The van der Waals surface area contributed by atoms with Gasteiger partial charge in [0.25, 0.3) is 0 Å². The van der Waals surface area contributed by atoms with Crippen molar-refractivity contribution in [3.8, 4) is 95.0 Å². The summed E-state index contributed by atoms with van der Waals surface area (Å²) in [5, 5.41) is 10.1. The molecular weight excluding hydrogens is 1480 g/mol. The lowest BCUT2D eigenvalue weighted by atomic mass is 9.98. The normalized spacial score (nSPS) is 11.3. The van der Waals surface area contributed by atoms with Crippen molar-refractivity contribution in [3.63, 3.8) is 0 Å². The fourth-order valence-electron chi connectivity index (χ4n) is 15.2. The Kier molecular flexibility index (Phi) is 17.9. The summed E-state index contributed by atoms with van der Waals surface area (Å²) in [7, 11) is 0. The van der Waals surface area contributed by atoms with Gasteiger partial charge in [-0.25, -0.2) is 0 Å². The van der Waals surface area contributed by atoms with Gasteiger partial charge in [-0.15, -0.1) is 0 Å². The van der Waals surface area contributed by atoms with Crippen molar-refractivity contribution in [2.24, 2.45) is 0 Å². The summed E-state index contributed by atoms with van der Waals surface area (Å²) in [6, 6.07) is 144. The first-order valence-electron chi connectivity index (χ1n) is 35.7. The van der Waals surface area contributed by atoms with Crippen molar-refractivity contribution in [2.45, 2.75) is 0 Å². The van der Waals surface area contributed by atoms with Gasteiger partial charge in [-0.05, 0) is 216 Å². The van der Waals surface area contributed by atoms with E-state index in [-0.39, 0.29) is 0 Å². The minimum atomic E-state index is 1.09. The number of rotatable bonds is 10. The Labute approximate surface area is 641 Å². The fraction of sp³-hybridized carbons (Fsp3) is 0. The van der Waals surface area contributed by atoms with E-state index in [0.29, 0.717) is 0 Å². The average molecular weight is 1550 g/mol. The van der Waals surface area contributed by atoms with Crippen LogP contribution in [0.2, 0.25) is 0 Å². The molecule has 0 radical (unpaired) electrons. The number of para-hydroxylation sites is 4. The van der Waals surface area contributed by atoms with Gasteiger partial charge in [0.2, 0.25) is 0 Å². The standard InChI is InChI=1S/C36H24BrN.C34H22BrN.C30H20BrN/c37-31-18-13-27(14-19-31)28-9-6-10-29(23-28)30-17-22-34-33-11-4-5-12-35(33)38(36(34)24-30)32-20-15-26(16-21-32)25-7-2-1-3-8-25;35-29-16-12-24(13-17-29)25-8-5-9-26(20-25)28-15-19-32-31-10-3-4-11-33(31)36(34(32)22-28)30-18-14-23-6-1-2-7-27(23)21-30;31-25-16-13-21(14-17-25)22-7-6-8-23(19-22)24-15-18-28-27-11-4-5-12-29(27)32(30(28)20-24)26-9-2-1-3-10-26/h1-24H;1-22H;1-20H. The van der Waals surface area contributed by atoms with Crippen LogP contribution >= 0.6 is 47.8 Å². The van der Waals surface area contributed by atoms with Gasteiger partial charge >= 0.3 is 0 Å². The molecule has 3 heterocycles. The number of nitrogens with zero attached hydrogens (tertiary/aromatic N) is 3. The molecule has 17 aromatic carbocycles. The second kappa shape index (κ2) is 28.8. The molecule has 0 bridgehead atoms. The summed E-state index contributed by atoms with van der Waals surface area (Å²) in [6.45, 7) is 0. The zero-order valence-electron chi connectivity index (χ0n) is 57.6. The number of hydrogen-bond donors (Lipinski definition) is 0. The molecule has 502 valence electrons. The number of aromatic nitrogens is 3. The lowest BCUT2D eigenvalue weighted by molar-refractivity contribution is 1.18. The van der Waals surface area contributed by atoms with Crippen LogP contribution in [0, 0.1) is 0 Å². The maximum atomic E-state index is 3.55. The molecule has 0 N–H and O–H groups in total.